The molecule has 0 aromatic heterocycles. The van der Waals surface area contributed by atoms with Gasteiger partial charge in [0.15, 0.2) is 0 Å². The van der Waals surface area contributed by atoms with Crippen molar-refractivity contribution in [3.05, 3.63) is 34.9 Å². The van der Waals surface area contributed by atoms with Crippen molar-refractivity contribution in [2.75, 3.05) is 5.88 Å². The lowest BCUT2D eigenvalue weighted by Crippen LogP contribution is -2.47. The Bertz CT molecular complexity index is 430. The number of alkyl halides is 1. The van der Waals surface area contributed by atoms with Crippen LogP contribution in [0.15, 0.2) is 18.2 Å². The first kappa shape index (κ1) is 13.4. The number of hydrogen-bond acceptors (Lipinski definition) is 1. The van der Waals surface area contributed by atoms with E-state index in [1.54, 1.807) is 0 Å². The summed E-state index contributed by atoms with van der Waals surface area (Å²) in [7, 11) is 0. The molecule has 0 saturated heterocycles. The SMILES string of the molecule is Cc1cc(C)cc(C(=O)NC2(CCl)CCCC2)c1. The Morgan fingerprint density at radius 1 is 1.22 bits per heavy atom. The molecule has 2 nitrogen and oxygen atoms in total. The highest BCUT2D eigenvalue weighted by molar-refractivity contribution is 6.19. The molecule has 0 heterocycles. The number of rotatable bonds is 3. The van der Waals surface area contributed by atoms with Gasteiger partial charge in [0, 0.05) is 11.4 Å². The fourth-order valence-corrected chi connectivity index (χ4v) is 3.10. The maximum atomic E-state index is 12.3. The Balaban J connectivity index is 2.16. The Morgan fingerprint density at radius 3 is 2.28 bits per heavy atom. The fraction of sp³-hybridized carbons (Fsp3) is 0.533. The molecule has 1 amide bonds. The molecule has 1 aliphatic rings. The lowest BCUT2D eigenvalue weighted by atomic mass is 9.99. The first-order valence-corrected chi connectivity index (χ1v) is 7.05. The van der Waals surface area contributed by atoms with E-state index < -0.39 is 0 Å². The van der Waals surface area contributed by atoms with Gasteiger partial charge in [-0.2, -0.15) is 0 Å². The summed E-state index contributed by atoms with van der Waals surface area (Å²) in [5.41, 5.74) is 2.79. The van der Waals surface area contributed by atoms with Crippen LogP contribution in [0.25, 0.3) is 0 Å². The zero-order valence-corrected chi connectivity index (χ0v) is 11.8. The molecule has 0 aliphatic heterocycles. The largest absolute Gasteiger partial charge is 0.345 e. The number of hydrogen-bond donors (Lipinski definition) is 1. The highest BCUT2D eigenvalue weighted by Crippen LogP contribution is 2.31. The van der Waals surface area contributed by atoms with Gasteiger partial charge in [-0.15, -0.1) is 11.6 Å². The molecule has 1 fully saturated rings. The topological polar surface area (TPSA) is 29.1 Å². The summed E-state index contributed by atoms with van der Waals surface area (Å²) in [5.74, 6) is 0.508. The monoisotopic (exact) mass is 265 g/mol. The second-order valence-corrected chi connectivity index (χ2v) is 5.72. The zero-order chi connectivity index (χ0) is 13.2. The number of halogens is 1. The van der Waals surface area contributed by atoms with Crippen molar-refractivity contribution in [3.63, 3.8) is 0 Å². The number of aryl methyl sites for hydroxylation is 2. The second-order valence-electron chi connectivity index (χ2n) is 5.45. The number of carbonyl (C=O) groups is 1. The lowest BCUT2D eigenvalue weighted by Gasteiger charge is -2.28. The minimum absolute atomic E-state index is 0.00403. The number of benzene rings is 1. The van der Waals surface area contributed by atoms with Crippen LogP contribution < -0.4 is 5.32 Å². The first-order valence-electron chi connectivity index (χ1n) is 6.51. The summed E-state index contributed by atoms with van der Waals surface area (Å²) < 4.78 is 0. The number of amides is 1. The summed E-state index contributed by atoms with van der Waals surface area (Å²) in [6.45, 7) is 4.02. The van der Waals surface area contributed by atoms with Crippen LogP contribution in [0.1, 0.15) is 47.2 Å². The Hall–Kier alpha value is -1.02. The van der Waals surface area contributed by atoms with Gasteiger partial charge in [-0.3, -0.25) is 4.79 Å². The molecule has 0 unspecified atom stereocenters. The lowest BCUT2D eigenvalue weighted by molar-refractivity contribution is 0.0909. The molecule has 1 saturated carbocycles. The fourth-order valence-electron chi connectivity index (χ4n) is 2.76. The summed E-state index contributed by atoms with van der Waals surface area (Å²) in [6.07, 6.45) is 4.29. The van der Waals surface area contributed by atoms with Gasteiger partial charge in [0.1, 0.15) is 0 Å². The van der Waals surface area contributed by atoms with Crippen molar-refractivity contribution in [2.24, 2.45) is 0 Å². The number of nitrogens with one attached hydrogen (secondary N) is 1. The number of carbonyl (C=O) groups excluding carboxylic acids is 1. The molecule has 0 bridgehead atoms. The third-order valence-electron chi connectivity index (χ3n) is 3.68. The molecule has 1 aliphatic carbocycles. The molecule has 0 atom stereocenters. The predicted octanol–water partition coefficient (Wildman–Crippen LogP) is 3.58. The van der Waals surface area contributed by atoms with Crippen molar-refractivity contribution >= 4 is 17.5 Å². The van der Waals surface area contributed by atoms with Crippen molar-refractivity contribution in [2.45, 2.75) is 45.1 Å². The van der Waals surface area contributed by atoms with Crippen LogP contribution >= 0.6 is 11.6 Å². The van der Waals surface area contributed by atoms with Gasteiger partial charge in [-0.25, -0.2) is 0 Å². The van der Waals surface area contributed by atoms with Gasteiger partial charge in [-0.1, -0.05) is 30.0 Å². The standard InChI is InChI=1S/C15H20ClNO/c1-11-7-12(2)9-13(8-11)14(18)17-15(10-16)5-3-4-6-15/h7-9H,3-6,10H2,1-2H3,(H,17,18). The molecule has 0 radical (unpaired) electrons. The molecule has 1 aromatic carbocycles. The van der Waals surface area contributed by atoms with Gasteiger partial charge in [0.05, 0.1) is 5.54 Å². The van der Waals surface area contributed by atoms with Crippen molar-refractivity contribution in [3.8, 4) is 0 Å². The summed E-state index contributed by atoms with van der Waals surface area (Å²) in [6, 6.07) is 5.93. The molecule has 1 N–H and O–H groups in total. The van der Waals surface area contributed by atoms with Crippen LogP contribution in [0.2, 0.25) is 0 Å². The third-order valence-corrected chi connectivity index (χ3v) is 4.19. The van der Waals surface area contributed by atoms with Crippen molar-refractivity contribution < 1.29 is 4.79 Å². The van der Waals surface area contributed by atoms with Crippen LogP contribution in [0.4, 0.5) is 0 Å². The Morgan fingerprint density at radius 2 is 1.78 bits per heavy atom. The normalized spacial score (nSPS) is 17.7. The van der Waals surface area contributed by atoms with Gasteiger partial charge in [-0.05, 0) is 38.8 Å². The molecular formula is C15H20ClNO. The van der Waals surface area contributed by atoms with E-state index in [0.717, 1.165) is 42.4 Å². The Labute approximate surface area is 114 Å². The van der Waals surface area contributed by atoms with Crippen LogP contribution in [0.5, 0.6) is 0 Å². The predicted molar refractivity (Wildman–Crippen MR) is 75.3 cm³/mol. The van der Waals surface area contributed by atoms with Gasteiger partial charge < -0.3 is 5.32 Å². The van der Waals surface area contributed by atoms with E-state index in [1.807, 2.05) is 26.0 Å². The van der Waals surface area contributed by atoms with E-state index in [1.165, 1.54) is 0 Å². The first-order chi connectivity index (χ1) is 8.54. The summed E-state index contributed by atoms with van der Waals surface area (Å²) in [4.78, 5) is 12.3. The quantitative estimate of drug-likeness (QED) is 0.832. The highest BCUT2D eigenvalue weighted by Gasteiger charge is 2.34. The van der Waals surface area contributed by atoms with Crippen molar-refractivity contribution in [1.82, 2.24) is 5.32 Å². The summed E-state index contributed by atoms with van der Waals surface area (Å²) >= 11 is 6.04. The molecule has 98 valence electrons. The molecule has 3 heteroatoms. The van der Waals surface area contributed by atoms with Gasteiger partial charge in [0.2, 0.25) is 0 Å². The van der Waals surface area contributed by atoms with E-state index in [-0.39, 0.29) is 11.4 Å². The van der Waals surface area contributed by atoms with Crippen molar-refractivity contribution in [1.29, 1.82) is 0 Å². The third kappa shape index (κ3) is 2.86. The molecular weight excluding hydrogens is 246 g/mol. The molecule has 18 heavy (non-hydrogen) atoms. The minimum atomic E-state index is -0.184. The van der Waals surface area contributed by atoms with Crippen LogP contribution in [0.3, 0.4) is 0 Å². The zero-order valence-electron chi connectivity index (χ0n) is 11.1. The van der Waals surface area contributed by atoms with Crippen LogP contribution in [0, 0.1) is 13.8 Å². The van der Waals surface area contributed by atoms with E-state index in [0.29, 0.717) is 5.88 Å². The minimum Gasteiger partial charge on any atom is -0.345 e. The van der Waals surface area contributed by atoms with E-state index in [9.17, 15) is 4.79 Å². The molecule has 0 spiro atoms. The van der Waals surface area contributed by atoms with E-state index >= 15 is 0 Å². The molecule has 2 rings (SSSR count). The molecule has 1 aromatic rings. The Kier molecular flexibility index (Phi) is 3.96. The smallest absolute Gasteiger partial charge is 0.251 e. The maximum Gasteiger partial charge on any atom is 0.251 e. The average Bonchev–Trinajstić information content (AvgIpc) is 2.77. The maximum absolute atomic E-state index is 12.3. The van der Waals surface area contributed by atoms with Gasteiger partial charge in [0.25, 0.3) is 5.91 Å². The average molecular weight is 266 g/mol. The van der Waals surface area contributed by atoms with Crippen LogP contribution in [-0.2, 0) is 0 Å². The van der Waals surface area contributed by atoms with Crippen LogP contribution in [-0.4, -0.2) is 17.3 Å². The van der Waals surface area contributed by atoms with E-state index in [4.69, 9.17) is 11.6 Å². The second kappa shape index (κ2) is 5.31. The van der Waals surface area contributed by atoms with E-state index in [2.05, 4.69) is 11.4 Å². The highest BCUT2D eigenvalue weighted by atomic mass is 35.5. The van der Waals surface area contributed by atoms with Gasteiger partial charge >= 0.3 is 0 Å². The summed E-state index contributed by atoms with van der Waals surface area (Å²) in [5, 5.41) is 3.14.